The molecule has 4 aromatic rings. The van der Waals surface area contributed by atoms with Crippen LogP contribution in [0.2, 0.25) is 0 Å². The number of benzene rings is 3. The Balaban J connectivity index is 1.65. The fourth-order valence-electron chi connectivity index (χ4n) is 3.99. The third kappa shape index (κ3) is 7.15. The van der Waals surface area contributed by atoms with Gasteiger partial charge in [0.25, 0.3) is 5.91 Å². The first kappa shape index (κ1) is 30.3. The lowest BCUT2D eigenvalue weighted by molar-refractivity contribution is -0.143. The van der Waals surface area contributed by atoms with Gasteiger partial charge in [-0.2, -0.15) is 9.30 Å². The maximum Gasteiger partial charge on any atom is 0.307 e. The van der Waals surface area contributed by atoms with Crippen LogP contribution in [0.1, 0.15) is 29.3 Å². The summed E-state index contributed by atoms with van der Waals surface area (Å²) in [6.07, 6.45) is 0.00104. The summed E-state index contributed by atoms with van der Waals surface area (Å²) in [5.74, 6) is -1.08. The van der Waals surface area contributed by atoms with E-state index in [1.54, 1.807) is 11.5 Å². The fraction of sp³-hybridized carbons (Fsp3) is 0.222. The molecular formula is C27H28N4O7S3. The number of ether oxygens (including phenoxy) is 1. The molecule has 0 spiro atoms. The first-order chi connectivity index (χ1) is 19.4. The number of esters is 1. The number of hydrogen-bond acceptors (Lipinski definition) is 8. The standard InChI is InChI=1S/C27H28N4O7S3/c1-3-38-25(32)15-16-31-23-14-13-22(40(28,34)35)17-24(23)39-27(31)29-26(33)20-9-11-21(12-10-20)41(36,37)30(2)18-19-7-5-4-6-8-19/h4-14,17H,3,15-16,18H2,1-2H3,(H2,28,34,35). The van der Waals surface area contributed by atoms with Crippen LogP contribution in [0.5, 0.6) is 0 Å². The van der Waals surface area contributed by atoms with E-state index < -0.39 is 31.9 Å². The number of aromatic nitrogens is 1. The summed E-state index contributed by atoms with van der Waals surface area (Å²) < 4.78 is 58.1. The zero-order chi connectivity index (χ0) is 29.8. The van der Waals surface area contributed by atoms with Gasteiger partial charge in [-0.1, -0.05) is 41.7 Å². The van der Waals surface area contributed by atoms with Crippen molar-refractivity contribution in [2.75, 3.05) is 13.7 Å². The van der Waals surface area contributed by atoms with Crippen LogP contribution in [-0.2, 0) is 42.7 Å². The fourth-order valence-corrected chi connectivity index (χ4v) is 6.86. The van der Waals surface area contributed by atoms with Gasteiger partial charge in [0, 0.05) is 25.7 Å². The van der Waals surface area contributed by atoms with Gasteiger partial charge in [-0.25, -0.2) is 22.0 Å². The van der Waals surface area contributed by atoms with E-state index in [1.165, 1.54) is 53.8 Å². The molecule has 0 bridgehead atoms. The lowest BCUT2D eigenvalue weighted by atomic mass is 10.2. The van der Waals surface area contributed by atoms with Crippen molar-refractivity contribution in [2.45, 2.75) is 36.2 Å². The number of fused-ring (bicyclic) bond motifs is 1. The number of nitrogens with zero attached hydrogens (tertiary/aromatic N) is 3. The minimum absolute atomic E-state index is 0.00104. The maximum absolute atomic E-state index is 13.1. The van der Waals surface area contributed by atoms with Gasteiger partial charge in [0.05, 0.1) is 33.0 Å². The molecule has 1 aromatic heterocycles. The molecule has 3 aromatic carbocycles. The number of nitrogens with two attached hydrogens (primary N) is 1. The molecule has 14 heteroatoms. The van der Waals surface area contributed by atoms with E-state index in [0.717, 1.165) is 16.9 Å². The van der Waals surface area contributed by atoms with Crippen LogP contribution >= 0.6 is 11.3 Å². The molecule has 0 unspecified atom stereocenters. The van der Waals surface area contributed by atoms with Crippen molar-refractivity contribution >= 4 is 53.5 Å². The summed E-state index contributed by atoms with van der Waals surface area (Å²) in [6, 6.07) is 18.9. The number of aryl methyl sites for hydroxylation is 1. The Bertz CT molecular complexity index is 1860. The molecule has 41 heavy (non-hydrogen) atoms. The number of hydrogen-bond donors (Lipinski definition) is 1. The SMILES string of the molecule is CCOC(=O)CCn1c(=NC(=O)c2ccc(S(=O)(=O)N(C)Cc3ccccc3)cc2)sc2cc(S(N)(=O)=O)ccc21. The number of carbonyl (C=O) groups excluding carboxylic acids is 2. The first-order valence-corrected chi connectivity index (χ1v) is 16.2. The Morgan fingerprint density at radius 2 is 1.63 bits per heavy atom. The summed E-state index contributed by atoms with van der Waals surface area (Å²) in [5.41, 5.74) is 1.54. The van der Waals surface area contributed by atoms with Crippen LogP contribution in [0.3, 0.4) is 0 Å². The van der Waals surface area contributed by atoms with Crippen LogP contribution in [0, 0.1) is 0 Å². The predicted octanol–water partition coefficient (Wildman–Crippen LogP) is 2.87. The second-order valence-electron chi connectivity index (χ2n) is 8.95. The maximum atomic E-state index is 13.1. The molecular weight excluding hydrogens is 589 g/mol. The van der Waals surface area contributed by atoms with Gasteiger partial charge >= 0.3 is 5.97 Å². The lowest BCUT2D eigenvalue weighted by Gasteiger charge is -2.17. The molecule has 0 aliphatic carbocycles. The molecule has 0 aliphatic heterocycles. The number of primary sulfonamides is 1. The van der Waals surface area contributed by atoms with Gasteiger partial charge in [0.15, 0.2) is 4.80 Å². The number of thiazole rings is 1. The molecule has 1 heterocycles. The summed E-state index contributed by atoms with van der Waals surface area (Å²) in [5, 5.41) is 5.27. The summed E-state index contributed by atoms with van der Waals surface area (Å²) in [6.45, 7) is 2.22. The highest BCUT2D eigenvalue weighted by molar-refractivity contribution is 7.89. The predicted molar refractivity (Wildman–Crippen MR) is 154 cm³/mol. The molecule has 0 saturated heterocycles. The summed E-state index contributed by atoms with van der Waals surface area (Å²) >= 11 is 1.06. The average molecular weight is 617 g/mol. The second kappa shape index (κ2) is 12.4. The van der Waals surface area contributed by atoms with Crippen LogP contribution in [0.4, 0.5) is 0 Å². The van der Waals surface area contributed by atoms with Gasteiger partial charge in [-0.15, -0.1) is 0 Å². The third-order valence-corrected chi connectivity index (χ3v) is 9.85. The topological polar surface area (TPSA) is 158 Å². The van der Waals surface area contributed by atoms with E-state index in [2.05, 4.69) is 4.99 Å². The zero-order valence-corrected chi connectivity index (χ0v) is 24.7. The lowest BCUT2D eigenvalue weighted by Crippen LogP contribution is -2.26. The summed E-state index contributed by atoms with van der Waals surface area (Å²) in [4.78, 5) is 29.5. The molecule has 0 saturated carbocycles. The van der Waals surface area contributed by atoms with Crippen molar-refractivity contribution in [3.8, 4) is 0 Å². The minimum Gasteiger partial charge on any atom is -0.466 e. The van der Waals surface area contributed by atoms with E-state index in [9.17, 15) is 26.4 Å². The smallest absolute Gasteiger partial charge is 0.307 e. The second-order valence-corrected chi connectivity index (χ2v) is 13.6. The quantitative estimate of drug-likeness (QED) is 0.268. The van der Waals surface area contributed by atoms with Crippen LogP contribution in [0.25, 0.3) is 10.2 Å². The average Bonchev–Trinajstić information content (AvgIpc) is 3.28. The minimum atomic E-state index is -3.96. The number of rotatable bonds is 10. The van der Waals surface area contributed by atoms with E-state index in [1.807, 2.05) is 30.3 Å². The molecule has 0 radical (unpaired) electrons. The molecule has 11 nitrogen and oxygen atoms in total. The number of sulfonamides is 2. The van der Waals surface area contributed by atoms with Crippen molar-refractivity contribution in [3.05, 3.63) is 88.7 Å². The van der Waals surface area contributed by atoms with Gasteiger partial charge in [-0.05, 0) is 55.0 Å². The highest BCUT2D eigenvalue weighted by atomic mass is 32.2. The van der Waals surface area contributed by atoms with Crippen LogP contribution in [0.15, 0.2) is 87.6 Å². The van der Waals surface area contributed by atoms with Crippen molar-refractivity contribution in [2.24, 2.45) is 10.1 Å². The Hall–Kier alpha value is -3.69. The monoisotopic (exact) mass is 616 g/mol. The first-order valence-electron chi connectivity index (χ1n) is 12.4. The molecule has 0 atom stereocenters. The van der Waals surface area contributed by atoms with Gasteiger partial charge in [0.2, 0.25) is 20.0 Å². The van der Waals surface area contributed by atoms with E-state index in [4.69, 9.17) is 9.88 Å². The van der Waals surface area contributed by atoms with Crippen molar-refractivity contribution in [1.82, 2.24) is 8.87 Å². The Labute approximate surface area is 241 Å². The highest BCUT2D eigenvalue weighted by Crippen LogP contribution is 2.22. The van der Waals surface area contributed by atoms with E-state index >= 15 is 0 Å². The number of amides is 1. The van der Waals surface area contributed by atoms with Crippen molar-refractivity contribution < 1.29 is 31.2 Å². The Morgan fingerprint density at radius 3 is 2.27 bits per heavy atom. The third-order valence-electron chi connectivity index (χ3n) is 6.08. The molecule has 1 amide bonds. The number of carbonyl (C=O) groups is 2. The van der Waals surface area contributed by atoms with E-state index in [0.29, 0.717) is 10.2 Å². The summed E-state index contributed by atoms with van der Waals surface area (Å²) in [7, 11) is -6.30. The van der Waals surface area contributed by atoms with Crippen molar-refractivity contribution in [3.63, 3.8) is 0 Å². The molecule has 216 valence electrons. The molecule has 0 aliphatic rings. The highest BCUT2D eigenvalue weighted by Gasteiger charge is 2.21. The van der Waals surface area contributed by atoms with Crippen LogP contribution in [-0.4, -0.2) is 51.2 Å². The Kier molecular flexibility index (Phi) is 9.19. The van der Waals surface area contributed by atoms with E-state index in [-0.39, 0.29) is 46.3 Å². The van der Waals surface area contributed by atoms with Gasteiger partial charge < -0.3 is 9.30 Å². The van der Waals surface area contributed by atoms with Gasteiger partial charge in [0.1, 0.15) is 0 Å². The van der Waals surface area contributed by atoms with Crippen LogP contribution < -0.4 is 9.94 Å². The normalized spacial score (nSPS) is 12.6. The van der Waals surface area contributed by atoms with Gasteiger partial charge in [-0.3, -0.25) is 9.59 Å². The molecule has 0 fully saturated rings. The Morgan fingerprint density at radius 1 is 0.976 bits per heavy atom. The van der Waals surface area contributed by atoms with Crippen molar-refractivity contribution in [1.29, 1.82) is 0 Å². The molecule has 2 N–H and O–H groups in total. The zero-order valence-electron chi connectivity index (χ0n) is 22.3. The largest absolute Gasteiger partial charge is 0.466 e. The molecule has 4 rings (SSSR count).